The van der Waals surface area contributed by atoms with Crippen LogP contribution in [0.4, 0.5) is 0 Å². The summed E-state index contributed by atoms with van der Waals surface area (Å²) in [5.74, 6) is 2.00. The summed E-state index contributed by atoms with van der Waals surface area (Å²) in [6, 6.07) is 4.56. The Morgan fingerprint density at radius 1 is 1.40 bits per heavy atom. The van der Waals surface area contributed by atoms with E-state index < -0.39 is 0 Å². The number of hydrogen-bond acceptors (Lipinski definition) is 3. The third-order valence-electron chi connectivity index (χ3n) is 2.43. The van der Waals surface area contributed by atoms with Crippen molar-refractivity contribution < 1.29 is 4.42 Å². The summed E-state index contributed by atoms with van der Waals surface area (Å²) in [4.78, 5) is 2.20. The molecule has 86 valence electrons. The predicted molar refractivity (Wildman–Crippen MR) is 62.9 cm³/mol. The molecule has 1 N–H and O–H groups in total. The van der Waals surface area contributed by atoms with Gasteiger partial charge in [0.2, 0.25) is 0 Å². The van der Waals surface area contributed by atoms with Gasteiger partial charge in [0.25, 0.3) is 0 Å². The van der Waals surface area contributed by atoms with Crippen LogP contribution in [0, 0.1) is 6.92 Å². The Labute approximate surface area is 92.5 Å². The van der Waals surface area contributed by atoms with Crippen molar-refractivity contribution in [3.63, 3.8) is 0 Å². The van der Waals surface area contributed by atoms with E-state index in [4.69, 9.17) is 4.42 Å². The van der Waals surface area contributed by atoms with Gasteiger partial charge in [0, 0.05) is 6.04 Å². The van der Waals surface area contributed by atoms with Crippen LogP contribution in [-0.4, -0.2) is 31.6 Å². The highest BCUT2D eigenvalue weighted by Gasteiger charge is 2.03. The van der Waals surface area contributed by atoms with Crippen LogP contribution in [0.25, 0.3) is 0 Å². The van der Waals surface area contributed by atoms with E-state index >= 15 is 0 Å². The smallest absolute Gasteiger partial charge is 0.117 e. The maximum Gasteiger partial charge on any atom is 0.117 e. The minimum atomic E-state index is 0.526. The van der Waals surface area contributed by atoms with Gasteiger partial charge in [-0.15, -0.1) is 0 Å². The van der Waals surface area contributed by atoms with Crippen molar-refractivity contribution in [3.05, 3.63) is 23.7 Å². The van der Waals surface area contributed by atoms with Crippen LogP contribution < -0.4 is 5.32 Å². The molecule has 1 rings (SSSR count). The average Bonchev–Trinajstić information content (AvgIpc) is 2.58. The summed E-state index contributed by atoms with van der Waals surface area (Å²) in [7, 11) is 4.20. The quantitative estimate of drug-likeness (QED) is 0.778. The molecule has 0 bridgehead atoms. The van der Waals surface area contributed by atoms with Crippen LogP contribution in [0.5, 0.6) is 0 Å². The van der Waals surface area contributed by atoms with Gasteiger partial charge in [0.1, 0.15) is 11.5 Å². The van der Waals surface area contributed by atoms with E-state index in [2.05, 4.69) is 31.2 Å². The highest BCUT2D eigenvalue weighted by molar-refractivity contribution is 5.05. The summed E-state index contributed by atoms with van der Waals surface area (Å²) in [6.45, 7) is 6.12. The fourth-order valence-corrected chi connectivity index (χ4v) is 1.41. The molecule has 1 aromatic heterocycles. The summed E-state index contributed by atoms with van der Waals surface area (Å²) in [5, 5.41) is 3.45. The van der Waals surface area contributed by atoms with Gasteiger partial charge in [-0.05, 0) is 53.0 Å². The molecular weight excluding hydrogens is 188 g/mol. The van der Waals surface area contributed by atoms with Crippen molar-refractivity contribution in [1.29, 1.82) is 0 Å². The van der Waals surface area contributed by atoms with Gasteiger partial charge in [-0.1, -0.05) is 0 Å². The van der Waals surface area contributed by atoms with E-state index in [1.807, 2.05) is 19.1 Å². The number of nitrogens with one attached hydrogen (secondary N) is 1. The highest BCUT2D eigenvalue weighted by Crippen LogP contribution is 2.06. The summed E-state index contributed by atoms with van der Waals surface area (Å²) < 4.78 is 5.49. The molecular formula is C12H22N2O. The Balaban J connectivity index is 2.19. The van der Waals surface area contributed by atoms with Crippen molar-refractivity contribution >= 4 is 0 Å². The van der Waals surface area contributed by atoms with Crippen molar-refractivity contribution in [2.45, 2.75) is 32.9 Å². The van der Waals surface area contributed by atoms with Crippen molar-refractivity contribution in [2.24, 2.45) is 0 Å². The van der Waals surface area contributed by atoms with Gasteiger partial charge in [-0.2, -0.15) is 0 Å². The number of nitrogens with zero attached hydrogens (tertiary/aromatic N) is 1. The average molecular weight is 210 g/mol. The minimum absolute atomic E-state index is 0.526. The first kappa shape index (κ1) is 12.3. The first-order valence-electron chi connectivity index (χ1n) is 5.51. The van der Waals surface area contributed by atoms with Crippen molar-refractivity contribution in [2.75, 3.05) is 20.6 Å². The second-order valence-electron chi connectivity index (χ2n) is 4.39. The second kappa shape index (κ2) is 5.93. The van der Waals surface area contributed by atoms with Gasteiger partial charge in [-0.25, -0.2) is 0 Å². The summed E-state index contributed by atoms with van der Waals surface area (Å²) in [6.07, 6.45) is 1.16. The zero-order valence-electron chi connectivity index (χ0n) is 10.2. The normalized spacial score (nSPS) is 13.4. The lowest BCUT2D eigenvalue weighted by Crippen LogP contribution is -2.29. The topological polar surface area (TPSA) is 28.4 Å². The molecule has 0 aromatic carbocycles. The van der Waals surface area contributed by atoms with Crippen LogP contribution in [0.3, 0.4) is 0 Å². The molecule has 0 saturated carbocycles. The molecule has 1 heterocycles. The first-order chi connectivity index (χ1) is 7.08. The van der Waals surface area contributed by atoms with E-state index in [1.165, 1.54) is 0 Å². The first-order valence-corrected chi connectivity index (χ1v) is 5.51. The monoisotopic (exact) mass is 210 g/mol. The molecule has 0 amide bonds. The third kappa shape index (κ3) is 5.00. The highest BCUT2D eigenvalue weighted by atomic mass is 16.3. The fraction of sp³-hybridized carbons (Fsp3) is 0.667. The predicted octanol–water partition coefficient (Wildman–Crippen LogP) is 2.02. The van der Waals surface area contributed by atoms with Gasteiger partial charge < -0.3 is 14.6 Å². The number of aryl methyl sites for hydroxylation is 1. The van der Waals surface area contributed by atoms with Crippen LogP contribution in [0.2, 0.25) is 0 Å². The molecule has 0 fully saturated rings. The molecule has 1 aromatic rings. The van der Waals surface area contributed by atoms with E-state index in [0.29, 0.717) is 6.04 Å². The second-order valence-corrected chi connectivity index (χ2v) is 4.39. The van der Waals surface area contributed by atoms with Crippen LogP contribution in [-0.2, 0) is 6.54 Å². The standard InChI is InChI=1S/C12H22N2O/c1-10(7-8-14(3)4)13-9-12-6-5-11(2)15-12/h5-6,10,13H,7-9H2,1-4H3. The largest absolute Gasteiger partial charge is 0.465 e. The van der Waals surface area contributed by atoms with Crippen LogP contribution in [0.15, 0.2) is 16.5 Å². The zero-order valence-corrected chi connectivity index (χ0v) is 10.2. The molecule has 0 radical (unpaired) electrons. The number of furan rings is 1. The molecule has 1 atom stereocenters. The van der Waals surface area contributed by atoms with Gasteiger partial charge in [0.05, 0.1) is 6.54 Å². The number of hydrogen-bond donors (Lipinski definition) is 1. The van der Waals surface area contributed by atoms with Crippen LogP contribution in [0.1, 0.15) is 24.9 Å². The minimum Gasteiger partial charge on any atom is -0.465 e. The summed E-state index contributed by atoms with van der Waals surface area (Å²) >= 11 is 0. The lowest BCUT2D eigenvalue weighted by Gasteiger charge is -2.15. The molecule has 0 spiro atoms. The third-order valence-corrected chi connectivity index (χ3v) is 2.43. The molecule has 3 nitrogen and oxygen atoms in total. The van der Waals surface area contributed by atoms with E-state index in [1.54, 1.807) is 0 Å². The Bertz CT molecular complexity index is 281. The van der Waals surface area contributed by atoms with E-state index in [9.17, 15) is 0 Å². The maximum atomic E-state index is 5.49. The summed E-state index contributed by atoms with van der Waals surface area (Å²) in [5.41, 5.74) is 0. The maximum absolute atomic E-state index is 5.49. The molecule has 0 aliphatic carbocycles. The Morgan fingerprint density at radius 3 is 2.67 bits per heavy atom. The fourth-order valence-electron chi connectivity index (χ4n) is 1.41. The molecule has 15 heavy (non-hydrogen) atoms. The Kier molecular flexibility index (Phi) is 4.85. The van der Waals surface area contributed by atoms with Crippen LogP contribution >= 0.6 is 0 Å². The Hall–Kier alpha value is -0.800. The molecule has 3 heteroatoms. The van der Waals surface area contributed by atoms with Crippen molar-refractivity contribution in [1.82, 2.24) is 10.2 Å². The molecule has 0 aliphatic heterocycles. The van der Waals surface area contributed by atoms with E-state index in [-0.39, 0.29) is 0 Å². The molecule has 1 unspecified atom stereocenters. The van der Waals surface area contributed by atoms with Gasteiger partial charge in [-0.3, -0.25) is 0 Å². The molecule has 0 saturated heterocycles. The van der Waals surface area contributed by atoms with Gasteiger partial charge >= 0.3 is 0 Å². The number of rotatable bonds is 6. The van der Waals surface area contributed by atoms with E-state index in [0.717, 1.165) is 31.0 Å². The van der Waals surface area contributed by atoms with Gasteiger partial charge in [0.15, 0.2) is 0 Å². The SMILES string of the molecule is Cc1ccc(CNC(C)CCN(C)C)o1. The zero-order chi connectivity index (χ0) is 11.3. The van der Waals surface area contributed by atoms with Crippen molar-refractivity contribution in [3.8, 4) is 0 Å². The Morgan fingerprint density at radius 2 is 2.13 bits per heavy atom. The lowest BCUT2D eigenvalue weighted by molar-refractivity contribution is 0.358. The lowest BCUT2D eigenvalue weighted by atomic mass is 10.2. The molecule has 0 aliphatic rings.